The highest BCUT2D eigenvalue weighted by molar-refractivity contribution is 5.89. The van der Waals surface area contributed by atoms with Gasteiger partial charge in [-0.1, -0.05) is 24.6 Å². The van der Waals surface area contributed by atoms with Gasteiger partial charge in [-0.25, -0.2) is 5.01 Å². The molecule has 1 N–H and O–H groups in total. The van der Waals surface area contributed by atoms with Gasteiger partial charge in [-0.3, -0.25) is 9.80 Å². The molecule has 20 heavy (non-hydrogen) atoms. The van der Waals surface area contributed by atoms with Crippen LogP contribution in [0.1, 0.15) is 25.7 Å². The molecular weight excluding hydrogens is 250 g/mol. The molecule has 1 amide bonds. The van der Waals surface area contributed by atoms with Crippen LogP contribution in [0.4, 0.5) is 5.69 Å². The summed E-state index contributed by atoms with van der Waals surface area (Å²) in [6.07, 6.45) is 6.31. The Balaban J connectivity index is 1.64. The van der Waals surface area contributed by atoms with Gasteiger partial charge in [0.2, 0.25) is 0 Å². The summed E-state index contributed by atoms with van der Waals surface area (Å²) >= 11 is 0. The average molecular weight is 271 g/mol. The SMILES string of the molecule is O=C1C=C(Nc2ccccc2)CCN1N1CCCCC1. The quantitative estimate of drug-likeness (QED) is 0.918. The molecule has 4 heteroatoms. The Morgan fingerprint density at radius 3 is 2.40 bits per heavy atom. The molecule has 1 aromatic rings. The molecule has 106 valence electrons. The maximum Gasteiger partial charge on any atom is 0.262 e. The third-order valence-corrected chi connectivity index (χ3v) is 3.90. The molecule has 0 radical (unpaired) electrons. The molecule has 2 aliphatic heterocycles. The predicted octanol–water partition coefficient (Wildman–Crippen LogP) is 2.62. The first-order valence-corrected chi connectivity index (χ1v) is 7.42. The van der Waals surface area contributed by atoms with E-state index >= 15 is 0 Å². The number of benzene rings is 1. The lowest BCUT2D eigenvalue weighted by Crippen LogP contribution is -2.50. The molecule has 0 bridgehead atoms. The molecule has 0 atom stereocenters. The minimum atomic E-state index is 0.108. The van der Waals surface area contributed by atoms with Crippen molar-refractivity contribution in [3.63, 3.8) is 0 Å². The fourth-order valence-electron chi connectivity index (χ4n) is 2.84. The van der Waals surface area contributed by atoms with Crippen molar-refractivity contribution in [2.24, 2.45) is 0 Å². The second-order valence-corrected chi connectivity index (χ2v) is 5.39. The molecule has 0 spiro atoms. The third-order valence-electron chi connectivity index (χ3n) is 3.90. The number of amides is 1. The number of carbonyl (C=O) groups excluding carboxylic acids is 1. The fraction of sp³-hybridized carbons (Fsp3) is 0.438. The monoisotopic (exact) mass is 271 g/mol. The Hall–Kier alpha value is -1.81. The van der Waals surface area contributed by atoms with E-state index in [2.05, 4.69) is 10.3 Å². The lowest BCUT2D eigenvalue weighted by Gasteiger charge is -2.38. The van der Waals surface area contributed by atoms with Crippen molar-refractivity contribution < 1.29 is 4.79 Å². The lowest BCUT2D eigenvalue weighted by molar-refractivity contribution is -0.146. The van der Waals surface area contributed by atoms with Gasteiger partial charge in [-0.15, -0.1) is 0 Å². The van der Waals surface area contributed by atoms with Crippen LogP contribution in [0, 0.1) is 0 Å². The number of para-hydroxylation sites is 1. The number of hydrogen-bond donors (Lipinski definition) is 1. The highest BCUT2D eigenvalue weighted by Gasteiger charge is 2.25. The minimum Gasteiger partial charge on any atom is -0.359 e. The van der Waals surface area contributed by atoms with Crippen LogP contribution in [-0.4, -0.2) is 35.6 Å². The molecule has 1 aromatic carbocycles. The molecule has 2 aliphatic rings. The van der Waals surface area contributed by atoms with Crippen LogP contribution in [0.3, 0.4) is 0 Å². The zero-order valence-corrected chi connectivity index (χ0v) is 11.7. The van der Waals surface area contributed by atoms with Gasteiger partial charge in [0.05, 0.1) is 0 Å². The topological polar surface area (TPSA) is 35.6 Å². The fourth-order valence-corrected chi connectivity index (χ4v) is 2.84. The summed E-state index contributed by atoms with van der Waals surface area (Å²) in [5, 5.41) is 7.45. The summed E-state index contributed by atoms with van der Waals surface area (Å²) in [7, 11) is 0. The van der Waals surface area contributed by atoms with E-state index in [0.29, 0.717) is 0 Å². The van der Waals surface area contributed by atoms with E-state index in [-0.39, 0.29) is 5.91 Å². The lowest BCUT2D eigenvalue weighted by atomic mass is 10.1. The zero-order valence-electron chi connectivity index (χ0n) is 11.7. The number of nitrogens with one attached hydrogen (secondary N) is 1. The van der Waals surface area contributed by atoms with Crippen LogP contribution in [0.15, 0.2) is 42.1 Å². The molecule has 1 saturated heterocycles. The Bertz CT molecular complexity index is 492. The molecular formula is C16H21N3O. The Labute approximate surface area is 120 Å². The standard InChI is InChI=1S/C16H21N3O/c20-16-13-15(17-14-7-3-1-4-8-14)9-12-19(16)18-10-5-2-6-11-18/h1,3-4,7-8,13,17H,2,5-6,9-12H2. The normalized spacial score (nSPS) is 20.7. The summed E-state index contributed by atoms with van der Waals surface area (Å²) in [6.45, 7) is 2.81. The van der Waals surface area contributed by atoms with Crippen molar-refractivity contribution in [1.82, 2.24) is 10.0 Å². The van der Waals surface area contributed by atoms with E-state index in [9.17, 15) is 4.79 Å². The number of nitrogens with zero attached hydrogens (tertiary/aromatic N) is 2. The van der Waals surface area contributed by atoms with Crippen LogP contribution in [-0.2, 0) is 4.79 Å². The number of hydrazine groups is 1. The van der Waals surface area contributed by atoms with Crippen LogP contribution < -0.4 is 5.32 Å². The molecule has 1 fully saturated rings. The smallest absolute Gasteiger partial charge is 0.262 e. The van der Waals surface area contributed by atoms with Crippen molar-refractivity contribution in [3.8, 4) is 0 Å². The zero-order chi connectivity index (χ0) is 13.8. The summed E-state index contributed by atoms with van der Waals surface area (Å²) in [5.74, 6) is 0.108. The van der Waals surface area contributed by atoms with E-state index in [1.807, 2.05) is 35.3 Å². The van der Waals surface area contributed by atoms with Crippen LogP contribution in [0.5, 0.6) is 0 Å². The van der Waals surface area contributed by atoms with Gasteiger partial charge >= 0.3 is 0 Å². The van der Waals surface area contributed by atoms with Gasteiger partial charge < -0.3 is 5.32 Å². The van der Waals surface area contributed by atoms with Crippen LogP contribution >= 0.6 is 0 Å². The summed E-state index contributed by atoms with van der Waals surface area (Å²) in [5.41, 5.74) is 2.05. The van der Waals surface area contributed by atoms with Gasteiger partial charge in [-0.05, 0) is 25.0 Å². The van der Waals surface area contributed by atoms with E-state index in [4.69, 9.17) is 0 Å². The number of carbonyl (C=O) groups is 1. The summed E-state index contributed by atoms with van der Waals surface area (Å²) < 4.78 is 0. The van der Waals surface area contributed by atoms with E-state index < -0.39 is 0 Å². The number of hydrogen-bond acceptors (Lipinski definition) is 3. The second-order valence-electron chi connectivity index (χ2n) is 5.39. The molecule has 3 rings (SSSR count). The van der Waals surface area contributed by atoms with Gasteiger partial charge in [0.25, 0.3) is 5.91 Å². The molecule has 0 aromatic heterocycles. The van der Waals surface area contributed by atoms with Crippen molar-refractivity contribution in [3.05, 3.63) is 42.1 Å². The highest BCUT2D eigenvalue weighted by Crippen LogP contribution is 2.19. The Kier molecular flexibility index (Phi) is 4.02. The van der Waals surface area contributed by atoms with Crippen molar-refractivity contribution in [2.45, 2.75) is 25.7 Å². The Morgan fingerprint density at radius 1 is 0.950 bits per heavy atom. The van der Waals surface area contributed by atoms with Crippen molar-refractivity contribution in [1.29, 1.82) is 0 Å². The van der Waals surface area contributed by atoms with E-state index in [1.54, 1.807) is 6.08 Å². The number of anilines is 1. The van der Waals surface area contributed by atoms with Crippen molar-refractivity contribution >= 4 is 11.6 Å². The first kappa shape index (κ1) is 13.2. The highest BCUT2D eigenvalue weighted by atomic mass is 16.2. The second kappa shape index (κ2) is 6.09. The largest absolute Gasteiger partial charge is 0.359 e. The van der Waals surface area contributed by atoms with Gasteiger partial charge in [0.15, 0.2) is 0 Å². The van der Waals surface area contributed by atoms with Crippen LogP contribution in [0.25, 0.3) is 0 Å². The van der Waals surface area contributed by atoms with E-state index in [1.165, 1.54) is 19.3 Å². The summed E-state index contributed by atoms with van der Waals surface area (Å²) in [6, 6.07) is 10.0. The van der Waals surface area contributed by atoms with Crippen molar-refractivity contribution in [2.75, 3.05) is 25.0 Å². The van der Waals surface area contributed by atoms with Gasteiger partial charge in [0.1, 0.15) is 0 Å². The third kappa shape index (κ3) is 3.02. The first-order valence-electron chi connectivity index (χ1n) is 7.42. The molecule has 2 heterocycles. The Morgan fingerprint density at radius 2 is 1.70 bits per heavy atom. The van der Waals surface area contributed by atoms with Gasteiger partial charge in [0, 0.05) is 43.5 Å². The first-order chi connectivity index (χ1) is 9.83. The summed E-state index contributed by atoms with van der Waals surface area (Å²) in [4.78, 5) is 12.3. The van der Waals surface area contributed by atoms with Crippen LogP contribution in [0.2, 0.25) is 0 Å². The maximum atomic E-state index is 12.3. The molecule has 0 aliphatic carbocycles. The average Bonchev–Trinajstić information content (AvgIpc) is 2.49. The molecule has 4 nitrogen and oxygen atoms in total. The van der Waals surface area contributed by atoms with Gasteiger partial charge in [-0.2, -0.15) is 0 Å². The van der Waals surface area contributed by atoms with E-state index in [0.717, 1.165) is 37.4 Å². The maximum absolute atomic E-state index is 12.3. The molecule has 0 unspecified atom stereocenters. The number of piperidine rings is 1. The predicted molar refractivity (Wildman–Crippen MR) is 79.9 cm³/mol. The molecule has 0 saturated carbocycles. The minimum absolute atomic E-state index is 0.108. The number of rotatable bonds is 3.